The molecule has 0 heterocycles. The van der Waals surface area contributed by atoms with Crippen LogP contribution < -0.4 is 0 Å². The second-order valence-corrected chi connectivity index (χ2v) is 9.54. The number of esters is 1. The third-order valence-electron chi connectivity index (χ3n) is 5.48. The van der Waals surface area contributed by atoms with Gasteiger partial charge in [0.1, 0.15) is 0 Å². The Bertz CT molecular complexity index is 555. The molecule has 25 heavy (non-hydrogen) atoms. The van der Waals surface area contributed by atoms with E-state index in [9.17, 15) is 4.79 Å². The van der Waals surface area contributed by atoms with E-state index in [4.69, 9.17) is 4.74 Å². The normalized spacial score (nSPS) is 21.8. The van der Waals surface area contributed by atoms with Gasteiger partial charge in [-0.05, 0) is 66.9 Å². The Morgan fingerprint density at radius 3 is 2.04 bits per heavy atom. The van der Waals surface area contributed by atoms with Crippen molar-refractivity contribution in [3.63, 3.8) is 0 Å². The lowest BCUT2D eigenvalue weighted by molar-refractivity contribution is -0.149. The number of ether oxygens (including phenoxy) is 1. The summed E-state index contributed by atoms with van der Waals surface area (Å²) in [6.45, 7) is 14.0. The van der Waals surface area contributed by atoms with E-state index in [0.717, 1.165) is 25.7 Å². The summed E-state index contributed by atoms with van der Waals surface area (Å²) < 4.78 is 5.18. The fraction of sp³-hybridized carbons (Fsp3) is 0.696. The van der Waals surface area contributed by atoms with Gasteiger partial charge in [0.25, 0.3) is 0 Å². The highest BCUT2D eigenvalue weighted by Crippen LogP contribution is 2.39. The summed E-state index contributed by atoms with van der Waals surface area (Å²) in [5.74, 6) is 0.701. The minimum Gasteiger partial charge on any atom is -0.466 e. The molecule has 1 saturated carbocycles. The van der Waals surface area contributed by atoms with Crippen molar-refractivity contribution < 1.29 is 9.53 Å². The van der Waals surface area contributed by atoms with Crippen LogP contribution in [0.1, 0.15) is 90.7 Å². The SMILES string of the molecule is CCOC(=O)C1CCC(c2ccc(C(C)(C)CC(C)(C)C)cc2)CC1. The third kappa shape index (κ3) is 5.59. The predicted molar refractivity (Wildman–Crippen MR) is 105 cm³/mol. The van der Waals surface area contributed by atoms with Crippen molar-refractivity contribution in [2.45, 2.75) is 85.0 Å². The quantitative estimate of drug-likeness (QED) is 0.591. The molecule has 0 saturated heterocycles. The second-order valence-electron chi connectivity index (χ2n) is 9.54. The van der Waals surface area contributed by atoms with Crippen molar-refractivity contribution in [1.82, 2.24) is 0 Å². The van der Waals surface area contributed by atoms with Crippen molar-refractivity contribution in [2.75, 3.05) is 6.61 Å². The van der Waals surface area contributed by atoms with Gasteiger partial charge in [-0.3, -0.25) is 4.79 Å². The van der Waals surface area contributed by atoms with Crippen LogP contribution in [0.4, 0.5) is 0 Å². The number of carbonyl (C=O) groups is 1. The van der Waals surface area contributed by atoms with Crippen molar-refractivity contribution >= 4 is 5.97 Å². The van der Waals surface area contributed by atoms with E-state index in [1.165, 1.54) is 17.5 Å². The fourth-order valence-corrected chi connectivity index (χ4v) is 4.56. The molecular weight excluding hydrogens is 308 g/mol. The van der Waals surface area contributed by atoms with Gasteiger partial charge in [0.05, 0.1) is 12.5 Å². The van der Waals surface area contributed by atoms with Crippen LogP contribution in [-0.4, -0.2) is 12.6 Å². The van der Waals surface area contributed by atoms with E-state index in [-0.39, 0.29) is 17.3 Å². The molecule has 0 amide bonds. The van der Waals surface area contributed by atoms with Gasteiger partial charge in [-0.2, -0.15) is 0 Å². The highest BCUT2D eigenvalue weighted by atomic mass is 16.5. The molecule has 1 aromatic carbocycles. The summed E-state index contributed by atoms with van der Waals surface area (Å²) in [5.41, 5.74) is 3.37. The molecule has 0 spiro atoms. The maximum Gasteiger partial charge on any atom is 0.308 e. The van der Waals surface area contributed by atoms with Gasteiger partial charge in [0, 0.05) is 0 Å². The molecule has 0 bridgehead atoms. The Hall–Kier alpha value is -1.31. The molecule has 0 radical (unpaired) electrons. The second kappa shape index (κ2) is 7.93. The maximum absolute atomic E-state index is 11.9. The van der Waals surface area contributed by atoms with Crippen LogP contribution in [0, 0.1) is 11.3 Å². The molecule has 1 aromatic rings. The molecule has 1 aliphatic rings. The molecule has 0 atom stereocenters. The van der Waals surface area contributed by atoms with E-state index in [2.05, 4.69) is 58.9 Å². The summed E-state index contributed by atoms with van der Waals surface area (Å²) in [4.78, 5) is 11.9. The van der Waals surface area contributed by atoms with Gasteiger partial charge in [-0.1, -0.05) is 58.9 Å². The highest BCUT2D eigenvalue weighted by molar-refractivity contribution is 5.72. The number of carbonyl (C=O) groups excluding carboxylic acids is 1. The number of hydrogen-bond acceptors (Lipinski definition) is 2. The Kier molecular flexibility index (Phi) is 6.35. The Morgan fingerprint density at radius 1 is 1.00 bits per heavy atom. The highest BCUT2D eigenvalue weighted by Gasteiger charge is 2.29. The zero-order valence-electron chi connectivity index (χ0n) is 17.0. The van der Waals surface area contributed by atoms with Gasteiger partial charge in [-0.25, -0.2) is 0 Å². The number of benzene rings is 1. The Morgan fingerprint density at radius 2 is 1.56 bits per heavy atom. The van der Waals surface area contributed by atoms with Gasteiger partial charge in [0.2, 0.25) is 0 Å². The molecule has 0 aromatic heterocycles. The standard InChI is InChI=1S/C23H36O2/c1-7-25-21(24)19-10-8-17(9-11-19)18-12-14-20(15-13-18)23(5,6)16-22(2,3)4/h12-15,17,19H,7-11,16H2,1-6H3. The van der Waals surface area contributed by atoms with Gasteiger partial charge in [-0.15, -0.1) is 0 Å². The first-order valence-corrected chi connectivity index (χ1v) is 9.89. The first-order valence-electron chi connectivity index (χ1n) is 9.89. The van der Waals surface area contributed by atoms with E-state index in [1.54, 1.807) is 0 Å². The summed E-state index contributed by atoms with van der Waals surface area (Å²) >= 11 is 0. The molecule has 0 unspecified atom stereocenters. The summed E-state index contributed by atoms with van der Waals surface area (Å²) in [6.07, 6.45) is 5.27. The van der Waals surface area contributed by atoms with Crippen molar-refractivity contribution in [2.24, 2.45) is 11.3 Å². The van der Waals surface area contributed by atoms with Crippen LogP contribution in [0.25, 0.3) is 0 Å². The molecular formula is C23H36O2. The van der Waals surface area contributed by atoms with E-state index in [0.29, 0.717) is 17.9 Å². The van der Waals surface area contributed by atoms with Crippen LogP contribution in [0.2, 0.25) is 0 Å². The molecule has 140 valence electrons. The molecule has 2 rings (SSSR count). The third-order valence-corrected chi connectivity index (χ3v) is 5.48. The minimum atomic E-state index is 0.000211. The molecule has 1 fully saturated rings. The molecule has 0 N–H and O–H groups in total. The Labute approximate surface area is 154 Å². The lowest BCUT2D eigenvalue weighted by Gasteiger charge is -2.33. The van der Waals surface area contributed by atoms with Crippen molar-refractivity contribution in [3.8, 4) is 0 Å². The van der Waals surface area contributed by atoms with Gasteiger partial charge < -0.3 is 4.74 Å². The first-order chi connectivity index (χ1) is 11.6. The largest absolute Gasteiger partial charge is 0.466 e. The molecule has 2 heteroatoms. The topological polar surface area (TPSA) is 26.3 Å². The van der Waals surface area contributed by atoms with Crippen LogP contribution in [-0.2, 0) is 14.9 Å². The van der Waals surface area contributed by atoms with E-state index < -0.39 is 0 Å². The van der Waals surface area contributed by atoms with Crippen molar-refractivity contribution in [3.05, 3.63) is 35.4 Å². The molecule has 1 aliphatic carbocycles. The summed E-state index contributed by atoms with van der Waals surface area (Å²) in [7, 11) is 0. The van der Waals surface area contributed by atoms with Crippen LogP contribution in [0.15, 0.2) is 24.3 Å². The Balaban J connectivity index is 1.98. The predicted octanol–water partition coefficient (Wildman–Crippen LogP) is 6.24. The van der Waals surface area contributed by atoms with Crippen LogP contribution in [0.3, 0.4) is 0 Å². The summed E-state index contributed by atoms with van der Waals surface area (Å²) in [6, 6.07) is 9.27. The smallest absolute Gasteiger partial charge is 0.308 e. The first kappa shape index (κ1) is 20.0. The van der Waals surface area contributed by atoms with Gasteiger partial charge >= 0.3 is 5.97 Å². The zero-order valence-corrected chi connectivity index (χ0v) is 17.0. The molecule has 2 nitrogen and oxygen atoms in total. The van der Waals surface area contributed by atoms with Crippen LogP contribution >= 0.6 is 0 Å². The van der Waals surface area contributed by atoms with E-state index in [1.807, 2.05) is 6.92 Å². The summed E-state index contributed by atoms with van der Waals surface area (Å²) in [5, 5.41) is 0. The van der Waals surface area contributed by atoms with Gasteiger partial charge in [0.15, 0.2) is 0 Å². The van der Waals surface area contributed by atoms with Crippen molar-refractivity contribution in [1.29, 1.82) is 0 Å². The van der Waals surface area contributed by atoms with Crippen LogP contribution in [0.5, 0.6) is 0 Å². The average Bonchev–Trinajstić information content (AvgIpc) is 2.53. The average molecular weight is 345 g/mol. The fourth-order valence-electron chi connectivity index (χ4n) is 4.56. The maximum atomic E-state index is 11.9. The lowest BCUT2D eigenvalue weighted by Crippen LogP contribution is -2.25. The minimum absolute atomic E-state index is 0.000211. The molecule has 0 aliphatic heterocycles. The van der Waals surface area contributed by atoms with E-state index >= 15 is 0 Å². The number of hydrogen-bond donors (Lipinski definition) is 0. The zero-order chi connectivity index (χ0) is 18.7. The lowest BCUT2D eigenvalue weighted by atomic mass is 9.71. The monoisotopic (exact) mass is 344 g/mol. The number of rotatable bonds is 5.